The summed E-state index contributed by atoms with van der Waals surface area (Å²) < 4.78 is 24.3. The third kappa shape index (κ3) is 6.85. The number of esters is 3. The zero-order valence-electron chi connectivity index (χ0n) is 33.5. The maximum Gasteiger partial charge on any atom is 0.338 e. The van der Waals surface area contributed by atoms with Crippen molar-refractivity contribution in [3.05, 3.63) is 119 Å². The molecule has 6 N–H and O–H groups in total. The van der Waals surface area contributed by atoms with Crippen molar-refractivity contribution < 1.29 is 63.7 Å². The number of carbonyl (C=O) groups is 4. The number of hydrogen-bond donors (Lipinski definition) is 6. The van der Waals surface area contributed by atoms with Crippen molar-refractivity contribution in [3.8, 4) is 0 Å². The maximum absolute atomic E-state index is 14.2. The summed E-state index contributed by atoms with van der Waals surface area (Å²) in [6, 6.07) is 23.2. The van der Waals surface area contributed by atoms with Crippen molar-refractivity contribution >= 4 is 23.8 Å². The Kier molecular flexibility index (Phi) is 11.1. The van der Waals surface area contributed by atoms with E-state index in [4.69, 9.17) is 18.9 Å². The molecule has 3 aromatic carbocycles. The van der Waals surface area contributed by atoms with E-state index in [0.717, 1.165) is 0 Å². The maximum atomic E-state index is 14.2. The lowest BCUT2D eigenvalue weighted by atomic mass is 9.44. The lowest BCUT2D eigenvalue weighted by Gasteiger charge is -2.69. The largest absolute Gasteiger partial charge is 0.456 e. The van der Waals surface area contributed by atoms with Gasteiger partial charge in [-0.1, -0.05) is 87.5 Å². The molecular formula is C45H51NO13. The second-order valence-electron chi connectivity index (χ2n) is 17.0. The summed E-state index contributed by atoms with van der Waals surface area (Å²) in [5.41, 5.74) is -6.30. The summed E-state index contributed by atoms with van der Waals surface area (Å²) in [4.78, 5) is 54.6. The highest BCUT2D eigenvalue weighted by Crippen LogP contribution is 2.65. The minimum atomic E-state index is -2.31. The highest BCUT2D eigenvalue weighted by atomic mass is 16.6. The van der Waals surface area contributed by atoms with Gasteiger partial charge in [0, 0.05) is 36.2 Å². The fourth-order valence-corrected chi connectivity index (χ4v) is 10.2. The highest BCUT2D eigenvalue weighted by Gasteiger charge is 2.77. The Morgan fingerprint density at radius 3 is 1.98 bits per heavy atom. The van der Waals surface area contributed by atoms with Gasteiger partial charge < -0.3 is 49.8 Å². The molecule has 0 spiro atoms. The quantitative estimate of drug-likeness (QED) is 0.104. The van der Waals surface area contributed by atoms with Gasteiger partial charge in [-0.05, 0) is 47.9 Å². The van der Waals surface area contributed by atoms with E-state index in [1.54, 1.807) is 99.6 Å². The number of aliphatic hydroxyl groups is 5. The standard InChI is InChI=1S/C45H51NO13/c1-24-29(57-41(54)35(50)33(26-15-9-6-10-16-26)46-39(52)27-17-11-7-12-18-27)22-45(55)38(58-40(53)28-19-13-8-14-20-28)36-43(5,37(51)34(49)32(24)42(45,3)4)30(48)21-31-44(36,23-56-31)59-25(2)47/h6-20,29-31,33-38,48-51,55H,21-23H2,1-5H3,(H,46,52)/t29-,30-,31+,33-,34+,35+,36-,37+,38-,43+,44-,45+/m0/s1. The normalized spacial score (nSPS) is 34.2. The summed E-state index contributed by atoms with van der Waals surface area (Å²) in [5, 5.41) is 64.5. The highest BCUT2D eigenvalue weighted by molar-refractivity contribution is 5.95. The molecule has 4 aliphatic rings. The van der Waals surface area contributed by atoms with Crippen LogP contribution in [-0.2, 0) is 28.5 Å². The van der Waals surface area contributed by atoms with E-state index < -0.39 is 107 Å². The van der Waals surface area contributed by atoms with Crippen LogP contribution in [0.15, 0.2) is 102 Å². The molecule has 0 aromatic heterocycles. The van der Waals surface area contributed by atoms with E-state index in [1.165, 1.54) is 26.0 Å². The monoisotopic (exact) mass is 813 g/mol. The average Bonchev–Trinajstić information content (AvgIpc) is 3.21. The summed E-state index contributed by atoms with van der Waals surface area (Å²) in [6.45, 7) is 7.18. The molecule has 1 amide bonds. The minimum Gasteiger partial charge on any atom is -0.456 e. The van der Waals surface area contributed by atoms with Gasteiger partial charge in [-0.3, -0.25) is 9.59 Å². The van der Waals surface area contributed by atoms with Crippen LogP contribution in [0.1, 0.15) is 79.8 Å². The van der Waals surface area contributed by atoms with E-state index in [2.05, 4.69) is 5.32 Å². The van der Waals surface area contributed by atoms with Crippen molar-refractivity contribution in [2.75, 3.05) is 6.61 Å². The number of ether oxygens (including phenoxy) is 4. The average molecular weight is 814 g/mol. The summed E-state index contributed by atoms with van der Waals surface area (Å²) in [7, 11) is 0. The van der Waals surface area contributed by atoms with E-state index in [9.17, 15) is 44.7 Å². The Morgan fingerprint density at radius 2 is 1.42 bits per heavy atom. The fraction of sp³-hybridized carbons (Fsp3) is 0.467. The van der Waals surface area contributed by atoms with Gasteiger partial charge in [-0.15, -0.1) is 0 Å². The van der Waals surface area contributed by atoms with Crippen LogP contribution in [-0.4, -0.2) is 110 Å². The number of fused-ring (bicyclic) bond motifs is 5. The number of aliphatic hydroxyl groups excluding tert-OH is 4. The van der Waals surface area contributed by atoms with Crippen LogP contribution in [0.5, 0.6) is 0 Å². The molecule has 3 fully saturated rings. The molecule has 3 aromatic rings. The number of amides is 1. The Labute approximate surface area is 341 Å². The second-order valence-corrected chi connectivity index (χ2v) is 17.0. The van der Waals surface area contributed by atoms with Gasteiger partial charge in [-0.25, -0.2) is 9.59 Å². The van der Waals surface area contributed by atoms with Crippen LogP contribution in [0.25, 0.3) is 0 Å². The van der Waals surface area contributed by atoms with Crippen molar-refractivity contribution in [1.29, 1.82) is 0 Å². The molecule has 14 heteroatoms. The molecule has 2 saturated carbocycles. The first-order valence-electron chi connectivity index (χ1n) is 19.7. The predicted octanol–water partition coefficient (Wildman–Crippen LogP) is 2.96. The molecule has 1 aliphatic heterocycles. The van der Waals surface area contributed by atoms with Crippen LogP contribution in [0.3, 0.4) is 0 Å². The fourth-order valence-electron chi connectivity index (χ4n) is 10.2. The van der Waals surface area contributed by atoms with Crippen molar-refractivity contribution in [2.24, 2.45) is 16.7 Å². The molecule has 59 heavy (non-hydrogen) atoms. The zero-order chi connectivity index (χ0) is 42.7. The van der Waals surface area contributed by atoms with Gasteiger partial charge in [0.25, 0.3) is 5.91 Å². The van der Waals surface area contributed by atoms with E-state index in [0.29, 0.717) is 5.56 Å². The van der Waals surface area contributed by atoms with Crippen LogP contribution in [0.4, 0.5) is 0 Å². The molecule has 2 bridgehead atoms. The van der Waals surface area contributed by atoms with Gasteiger partial charge in [0.05, 0.1) is 36.3 Å². The molecule has 7 rings (SSSR count). The number of benzene rings is 3. The smallest absolute Gasteiger partial charge is 0.338 e. The lowest BCUT2D eigenvalue weighted by molar-refractivity contribution is -0.365. The summed E-state index contributed by atoms with van der Waals surface area (Å²) in [5.74, 6) is -4.80. The third-order valence-electron chi connectivity index (χ3n) is 13.4. The molecule has 0 unspecified atom stereocenters. The molecular weight excluding hydrogens is 762 g/mol. The van der Waals surface area contributed by atoms with E-state index >= 15 is 0 Å². The lowest BCUT2D eigenvalue weighted by Crippen LogP contribution is -2.82. The van der Waals surface area contributed by atoms with Crippen LogP contribution in [0, 0.1) is 16.7 Å². The Morgan fingerprint density at radius 1 is 0.847 bits per heavy atom. The Bertz CT molecular complexity index is 2110. The molecule has 1 heterocycles. The van der Waals surface area contributed by atoms with Gasteiger partial charge in [0.2, 0.25) is 0 Å². The molecule has 12 atom stereocenters. The number of carbonyl (C=O) groups excluding carboxylic acids is 4. The summed E-state index contributed by atoms with van der Waals surface area (Å²) in [6.07, 6.45) is -11.8. The molecule has 0 radical (unpaired) electrons. The SMILES string of the molecule is CC(=O)O[C@@]12CO[C@@H]1C[C@H](O)[C@@]1(C)[C@H](O)[C@H](O)C3=C(C)[C@@H](OC(=O)[C@H](O)[C@@H](NC(=O)c4ccccc4)c4ccccc4)C[C@@](O)([C@@H](OC(=O)c4ccccc4)[C@H]21)C3(C)C. The third-order valence-corrected chi connectivity index (χ3v) is 13.4. The second kappa shape index (κ2) is 15.6. The Hall–Kier alpha value is -4.96. The number of hydrogen-bond acceptors (Lipinski definition) is 13. The van der Waals surface area contributed by atoms with Crippen molar-refractivity contribution in [2.45, 2.75) is 107 Å². The van der Waals surface area contributed by atoms with Gasteiger partial charge in [0.1, 0.15) is 30.0 Å². The first-order chi connectivity index (χ1) is 27.9. The number of rotatable bonds is 9. The van der Waals surface area contributed by atoms with Crippen LogP contribution < -0.4 is 5.32 Å². The van der Waals surface area contributed by atoms with E-state index in [-0.39, 0.29) is 35.3 Å². The number of nitrogens with one attached hydrogen (secondary N) is 1. The van der Waals surface area contributed by atoms with Gasteiger partial charge in [-0.2, -0.15) is 0 Å². The molecule has 1 saturated heterocycles. The van der Waals surface area contributed by atoms with Crippen molar-refractivity contribution in [3.63, 3.8) is 0 Å². The Balaban J connectivity index is 1.34. The van der Waals surface area contributed by atoms with Crippen LogP contribution in [0.2, 0.25) is 0 Å². The van der Waals surface area contributed by atoms with Gasteiger partial charge in [0.15, 0.2) is 11.7 Å². The van der Waals surface area contributed by atoms with Crippen molar-refractivity contribution in [1.82, 2.24) is 5.32 Å². The topological polar surface area (TPSA) is 218 Å². The molecule has 3 aliphatic carbocycles. The zero-order valence-corrected chi connectivity index (χ0v) is 33.5. The first-order valence-corrected chi connectivity index (χ1v) is 19.7. The minimum absolute atomic E-state index is 0.0455. The van der Waals surface area contributed by atoms with E-state index in [1.807, 2.05) is 0 Å². The molecule has 14 nitrogen and oxygen atoms in total. The molecule has 314 valence electrons. The van der Waals surface area contributed by atoms with Crippen LogP contribution >= 0.6 is 0 Å². The predicted molar refractivity (Wildman–Crippen MR) is 209 cm³/mol. The summed E-state index contributed by atoms with van der Waals surface area (Å²) >= 11 is 0. The first kappa shape index (κ1) is 42.2. The van der Waals surface area contributed by atoms with Gasteiger partial charge >= 0.3 is 17.9 Å².